The minimum Gasteiger partial charge on any atom is -0.461 e. The summed E-state index contributed by atoms with van der Waals surface area (Å²) in [6, 6.07) is 0. The van der Waals surface area contributed by atoms with Gasteiger partial charge in [-0.15, -0.1) is 0 Å². The van der Waals surface area contributed by atoms with Crippen molar-refractivity contribution in [2.75, 3.05) is 6.54 Å². The Morgan fingerprint density at radius 3 is 1.70 bits per heavy atom. The van der Waals surface area contributed by atoms with E-state index in [9.17, 15) is 4.79 Å². The predicted octanol–water partition coefficient (Wildman–Crippen LogP) is 5.38. The first-order valence-electron chi connectivity index (χ1n) is 9.74. The number of esters is 1. The summed E-state index contributed by atoms with van der Waals surface area (Å²) in [5.41, 5.74) is 2.09. The molecular weight excluding hydrogens is 290 g/mol. The van der Waals surface area contributed by atoms with Crippen molar-refractivity contribution in [2.45, 2.75) is 110 Å². The Balaban J connectivity index is 3.27. The zero-order valence-electron chi connectivity index (χ0n) is 15.4. The predicted molar refractivity (Wildman–Crippen MR) is 95.7 cm³/mol. The third-order valence-electron chi connectivity index (χ3n) is 4.28. The fraction of sp³-hybridized carbons (Fsp3) is 0.947. The average molecular weight is 330 g/mol. The highest BCUT2D eigenvalue weighted by Gasteiger charge is 2.10. The molecule has 0 unspecified atom stereocenters. The van der Waals surface area contributed by atoms with Crippen LogP contribution in [-0.2, 0) is 9.53 Å². The molecule has 23 heavy (non-hydrogen) atoms. The SMILES string of the molecule is CCCCCCCCCCCCCCC[C@@H](CNO)OC(C)=O. The van der Waals surface area contributed by atoms with E-state index < -0.39 is 0 Å². The Labute approximate surface area is 143 Å². The van der Waals surface area contributed by atoms with E-state index in [4.69, 9.17) is 9.94 Å². The standard InChI is InChI=1S/C19H39NO3/c1-3-4-5-6-7-8-9-10-11-12-13-14-15-16-19(17-20-22)23-18(2)21/h19-20,22H,3-17H2,1-2H3/t19-/m0/s1. The molecule has 1 atom stereocenters. The number of rotatable bonds is 17. The van der Waals surface area contributed by atoms with Gasteiger partial charge in [-0.1, -0.05) is 84.0 Å². The van der Waals surface area contributed by atoms with Crippen molar-refractivity contribution in [3.63, 3.8) is 0 Å². The fourth-order valence-electron chi connectivity index (χ4n) is 2.93. The van der Waals surface area contributed by atoms with E-state index in [-0.39, 0.29) is 12.1 Å². The van der Waals surface area contributed by atoms with Crippen LogP contribution in [0.4, 0.5) is 0 Å². The lowest BCUT2D eigenvalue weighted by Crippen LogP contribution is -2.28. The lowest BCUT2D eigenvalue weighted by atomic mass is 10.0. The van der Waals surface area contributed by atoms with E-state index in [1.54, 1.807) is 0 Å². The molecule has 0 aliphatic heterocycles. The van der Waals surface area contributed by atoms with Crippen LogP contribution in [0.15, 0.2) is 0 Å². The van der Waals surface area contributed by atoms with E-state index in [1.165, 1.54) is 84.0 Å². The largest absolute Gasteiger partial charge is 0.461 e. The van der Waals surface area contributed by atoms with E-state index >= 15 is 0 Å². The molecule has 0 saturated heterocycles. The summed E-state index contributed by atoms with van der Waals surface area (Å²) >= 11 is 0. The summed E-state index contributed by atoms with van der Waals surface area (Å²) in [6.07, 6.45) is 17.9. The summed E-state index contributed by atoms with van der Waals surface area (Å²) in [6.45, 7) is 3.99. The van der Waals surface area contributed by atoms with E-state index in [2.05, 4.69) is 12.4 Å². The summed E-state index contributed by atoms with van der Waals surface area (Å²) in [4.78, 5) is 10.9. The van der Waals surface area contributed by atoms with Gasteiger partial charge in [0.2, 0.25) is 0 Å². The summed E-state index contributed by atoms with van der Waals surface area (Å²) in [5, 5.41) is 8.71. The van der Waals surface area contributed by atoms with Gasteiger partial charge in [0.1, 0.15) is 6.10 Å². The Morgan fingerprint density at radius 1 is 0.870 bits per heavy atom. The zero-order chi connectivity index (χ0) is 17.2. The smallest absolute Gasteiger partial charge is 0.302 e. The molecule has 0 aromatic carbocycles. The van der Waals surface area contributed by atoms with Crippen molar-refractivity contribution in [1.29, 1.82) is 0 Å². The highest BCUT2D eigenvalue weighted by molar-refractivity contribution is 5.66. The second-order valence-electron chi connectivity index (χ2n) is 6.62. The Morgan fingerprint density at radius 2 is 1.30 bits per heavy atom. The average Bonchev–Trinajstić information content (AvgIpc) is 2.51. The second-order valence-corrected chi connectivity index (χ2v) is 6.62. The first-order valence-corrected chi connectivity index (χ1v) is 9.74. The van der Waals surface area contributed by atoms with Crippen LogP contribution in [-0.4, -0.2) is 23.8 Å². The molecule has 0 amide bonds. The topological polar surface area (TPSA) is 58.6 Å². The molecule has 0 rings (SSSR count). The molecule has 0 spiro atoms. The van der Waals surface area contributed by atoms with Gasteiger partial charge in [-0.2, -0.15) is 0 Å². The molecule has 0 bridgehead atoms. The maximum absolute atomic E-state index is 10.9. The third kappa shape index (κ3) is 17.6. The number of hydrogen-bond acceptors (Lipinski definition) is 4. The van der Waals surface area contributed by atoms with Crippen molar-refractivity contribution < 1.29 is 14.7 Å². The Bertz CT molecular complexity index is 259. The van der Waals surface area contributed by atoms with Gasteiger partial charge >= 0.3 is 5.97 Å². The number of carbonyl (C=O) groups is 1. The maximum atomic E-state index is 10.9. The van der Waals surface area contributed by atoms with E-state index in [1.807, 2.05) is 0 Å². The summed E-state index contributed by atoms with van der Waals surface area (Å²) < 4.78 is 5.14. The molecule has 0 fully saturated rings. The van der Waals surface area contributed by atoms with Crippen molar-refractivity contribution in [1.82, 2.24) is 5.48 Å². The molecule has 4 heteroatoms. The first kappa shape index (κ1) is 22.4. The molecule has 0 aromatic heterocycles. The van der Waals surface area contributed by atoms with E-state index in [0.29, 0.717) is 6.54 Å². The number of unbranched alkanes of at least 4 members (excludes halogenated alkanes) is 12. The molecule has 0 aliphatic rings. The zero-order valence-corrected chi connectivity index (χ0v) is 15.4. The van der Waals surface area contributed by atoms with Gasteiger partial charge in [-0.25, -0.2) is 5.48 Å². The highest BCUT2D eigenvalue weighted by atomic mass is 16.5. The van der Waals surface area contributed by atoms with Crippen LogP contribution in [0.2, 0.25) is 0 Å². The molecular formula is C19H39NO3. The van der Waals surface area contributed by atoms with Crippen LogP contribution in [0.3, 0.4) is 0 Å². The number of nitrogens with one attached hydrogen (secondary N) is 1. The van der Waals surface area contributed by atoms with Gasteiger partial charge in [0, 0.05) is 6.92 Å². The monoisotopic (exact) mass is 329 g/mol. The lowest BCUT2D eigenvalue weighted by molar-refractivity contribution is -0.147. The van der Waals surface area contributed by atoms with Gasteiger partial charge < -0.3 is 9.94 Å². The van der Waals surface area contributed by atoms with Crippen molar-refractivity contribution in [2.24, 2.45) is 0 Å². The second kappa shape index (κ2) is 17.7. The number of carbonyl (C=O) groups excluding carboxylic acids is 1. The van der Waals surface area contributed by atoms with Crippen molar-refractivity contribution >= 4 is 5.97 Å². The molecule has 2 N–H and O–H groups in total. The van der Waals surface area contributed by atoms with Crippen LogP contribution >= 0.6 is 0 Å². The maximum Gasteiger partial charge on any atom is 0.302 e. The molecule has 0 aromatic rings. The quantitative estimate of drug-likeness (QED) is 0.214. The fourth-order valence-corrected chi connectivity index (χ4v) is 2.93. The van der Waals surface area contributed by atoms with Crippen LogP contribution in [0.25, 0.3) is 0 Å². The third-order valence-corrected chi connectivity index (χ3v) is 4.28. The number of hydroxylamine groups is 1. The molecule has 0 heterocycles. The minimum absolute atomic E-state index is 0.204. The Hall–Kier alpha value is -0.610. The van der Waals surface area contributed by atoms with Gasteiger partial charge in [0.25, 0.3) is 0 Å². The number of hydrogen-bond donors (Lipinski definition) is 2. The van der Waals surface area contributed by atoms with Crippen LogP contribution < -0.4 is 5.48 Å². The van der Waals surface area contributed by atoms with Gasteiger partial charge in [-0.3, -0.25) is 4.79 Å². The lowest BCUT2D eigenvalue weighted by Gasteiger charge is -2.15. The van der Waals surface area contributed by atoms with Crippen molar-refractivity contribution in [3.8, 4) is 0 Å². The Kier molecular flexibility index (Phi) is 17.3. The van der Waals surface area contributed by atoms with Gasteiger partial charge in [-0.05, 0) is 12.8 Å². The minimum atomic E-state index is -0.278. The first-order chi connectivity index (χ1) is 11.2. The van der Waals surface area contributed by atoms with E-state index in [0.717, 1.165) is 12.8 Å². The normalized spacial score (nSPS) is 12.3. The van der Waals surface area contributed by atoms with Gasteiger partial charge in [0.15, 0.2) is 0 Å². The summed E-state index contributed by atoms with van der Waals surface area (Å²) in [5.74, 6) is -0.278. The molecule has 4 nitrogen and oxygen atoms in total. The molecule has 0 radical (unpaired) electrons. The molecule has 0 aliphatic carbocycles. The number of ether oxygens (including phenoxy) is 1. The van der Waals surface area contributed by atoms with Crippen LogP contribution in [0.1, 0.15) is 104 Å². The molecule has 0 saturated carbocycles. The summed E-state index contributed by atoms with van der Waals surface area (Å²) in [7, 11) is 0. The van der Waals surface area contributed by atoms with Gasteiger partial charge in [0.05, 0.1) is 6.54 Å². The molecule has 138 valence electrons. The van der Waals surface area contributed by atoms with Crippen molar-refractivity contribution in [3.05, 3.63) is 0 Å². The van der Waals surface area contributed by atoms with Crippen LogP contribution in [0.5, 0.6) is 0 Å². The van der Waals surface area contributed by atoms with Crippen LogP contribution in [0, 0.1) is 0 Å². The highest BCUT2D eigenvalue weighted by Crippen LogP contribution is 2.14.